The zero-order valence-corrected chi connectivity index (χ0v) is 14.7. The molecule has 1 saturated heterocycles. The van der Waals surface area contributed by atoms with Crippen molar-refractivity contribution in [2.75, 3.05) is 11.9 Å². The molecule has 2 N–H and O–H groups in total. The van der Waals surface area contributed by atoms with E-state index < -0.39 is 5.41 Å². The number of amides is 1. The zero-order chi connectivity index (χ0) is 18.1. The van der Waals surface area contributed by atoms with Crippen LogP contribution in [0.1, 0.15) is 23.6 Å². The Kier molecular flexibility index (Phi) is 3.01. The number of hydrogen-bond acceptors (Lipinski definition) is 3. The Morgan fingerprint density at radius 3 is 2.65 bits per heavy atom. The van der Waals surface area contributed by atoms with Gasteiger partial charge in [-0.2, -0.15) is 0 Å². The van der Waals surface area contributed by atoms with Gasteiger partial charge < -0.3 is 10.6 Å². The fourth-order valence-corrected chi connectivity index (χ4v) is 4.71. The molecule has 1 fully saturated rings. The smallest absolute Gasteiger partial charge is 0.325 e. The molecule has 0 radical (unpaired) electrons. The highest BCUT2D eigenvalue weighted by atomic mass is 16.2. The van der Waals surface area contributed by atoms with Gasteiger partial charge in [-0.3, -0.25) is 13.9 Å². The molecule has 2 aliphatic rings. The number of para-hydroxylation sites is 1. The van der Waals surface area contributed by atoms with Crippen LogP contribution >= 0.6 is 0 Å². The van der Waals surface area contributed by atoms with Crippen LogP contribution in [0.25, 0.3) is 11.0 Å². The molecule has 0 saturated carbocycles. The van der Waals surface area contributed by atoms with Crippen LogP contribution in [0, 0.1) is 0 Å². The van der Waals surface area contributed by atoms with E-state index >= 15 is 0 Å². The number of benzene rings is 2. The monoisotopic (exact) mass is 348 g/mol. The van der Waals surface area contributed by atoms with Gasteiger partial charge in [-0.25, -0.2) is 4.79 Å². The molecule has 5 rings (SSSR count). The molecule has 2 aliphatic heterocycles. The molecule has 132 valence electrons. The number of fused-ring (bicyclic) bond motifs is 3. The summed E-state index contributed by atoms with van der Waals surface area (Å²) < 4.78 is 3.30. The first-order valence-corrected chi connectivity index (χ1v) is 8.84. The summed E-state index contributed by atoms with van der Waals surface area (Å²) in [6.07, 6.45) is 0.756. The Bertz CT molecular complexity index is 1130. The Hall–Kier alpha value is -2.86. The zero-order valence-electron chi connectivity index (χ0n) is 14.7. The Balaban J connectivity index is 1.71. The molecule has 0 unspecified atom stereocenters. The van der Waals surface area contributed by atoms with E-state index in [0.29, 0.717) is 0 Å². The number of hydrogen-bond donors (Lipinski definition) is 2. The number of nitrogens with one attached hydrogen (secondary N) is 2. The van der Waals surface area contributed by atoms with E-state index in [0.717, 1.165) is 40.8 Å². The van der Waals surface area contributed by atoms with Crippen molar-refractivity contribution in [2.24, 2.45) is 14.1 Å². The number of rotatable bonds is 1. The Morgan fingerprint density at radius 1 is 1.04 bits per heavy atom. The molecule has 3 aromatic rings. The second-order valence-electron chi connectivity index (χ2n) is 7.26. The minimum atomic E-state index is -0.599. The molecule has 1 amide bonds. The fraction of sp³-hybridized carbons (Fsp3) is 0.300. The topological polar surface area (TPSA) is 68.1 Å². The van der Waals surface area contributed by atoms with Gasteiger partial charge in [0.15, 0.2) is 0 Å². The number of aromatic nitrogens is 2. The normalized spacial score (nSPS) is 24.4. The van der Waals surface area contributed by atoms with Gasteiger partial charge in [-0.15, -0.1) is 0 Å². The number of carbonyl (C=O) groups is 1. The molecule has 2 atom stereocenters. The predicted octanol–water partition coefficient (Wildman–Crippen LogP) is 1.80. The molecule has 6 heteroatoms. The lowest BCUT2D eigenvalue weighted by atomic mass is 9.73. The van der Waals surface area contributed by atoms with Crippen LogP contribution in [0.5, 0.6) is 0 Å². The van der Waals surface area contributed by atoms with Gasteiger partial charge in [-0.1, -0.05) is 24.3 Å². The maximum atomic E-state index is 13.0. The van der Waals surface area contributed by atoms with E-state index in [1.807, 2.05) is 42.5 Å². The second kappa shape index (κ2) is 5.08. The van der Waals surface area contributed by atoms with Crippen molar-refractivity contribution >= 4 is 22.6 Å². The van der Waals surface area contributed by atoms with E-state index in [-0.39, 0.29) is 17.6 Å². The van der Waals surface area contributed by atoms with Gasteiger partial charge >= 0.3 is 5.69 Å². The standard InChI is InChI=1S/C20H20N4O2/c1-23-15-8-7-12(11-16(15)24(2)19(23)26)17-20(9-10-21-17)13-5-3-4-6-14(13)22-18(20)25/h3-8,11,17,21H,9-10H2,1-2H3,(H,22,25)/t17-,20-/m1/s1. The first kappa shape index (κ1) is 15.4. The van der Waals surface area contributed by atoms with Crippen LogP contribution < -0.4 is 16.3 Å². The fourth-order valence-electron chi connectivity index (χ4n) is 4.71. The van der Waals surface area contributed by atoms with Crippen molar-refractivity contribution in [1.29, 1.82) is 0 Å². The third kappa shape index (κ3) is 1.74. The third-order valence-electron chi connectivity index (χ3n) is 6.05. The minimum Gasteiger partial charge on any atom is -0.325 e. The summed E-state index contributed by atoms with van der Waals surface area (Å²) in [6, 6.07) is 13.9. The molecule has 1 spiro atoms. The van der Waals surface area contributed by atoms with E-state index in [1.165, 1.54) is 0 Å². The molecule has 0 aliphatic carbocycles. The summed E-state index contributed by atoms with van der Waals surface area (Å²) in [7, 11) is 3.56. The van der Waals surface area contributed by atoms with Crippen LogP contribution in [0.4, 0.5) is 5.69 Å². The number of anilines is 1. The van der Waals surface area contributed by atoms with Gasteiger partial charge in [0, 0.05) is 19.8 Å². The molecule has 3 heterocycles. The quantitative estimate of drug-likeness (QED) is 0.705. The van der Waals surface area contributed by atoms with E-state index in [9.17, 15) is 9.59 Å². The summed E-state index contributed by atoms with van der Waals surface area (Å²) in [5.41, 5.74) is 4.12. The van der Waals surface area contributed by atoms with Gasteiger partial charge in [0.05, 0.1) is 22.5 Å². The Morgan fingerprint density at radius 2 is 1.81 bits per heavy atom. The molecular formula is C20H20N4O2. The lowest BCUT2D eigenvalue weighted by molar-refractivity contribution is -0.121. The molecule has 1 aromatic heterocycles. The molecule has 6 nitrogen and oxygen atoms in total. The van der Waals surface area contributed by atoms with Crippen LogP contribution in [0.15, 0.2) is 47.3 Å². The molecule has 2 aromatic carbocycles. The maximum absolute atomic E-state index is 13.0. The maximum Gasteiger partial charge on any atom is 0.328 e. The van der Waals surface area contributed by atoms with Crippen molar-refractivity contribution in [3.8, 4) is 0 Å². The SMILES string of the molecule is Cn1c(=O)n(C)c2cc([C@H]3NCC[C@]34C(=O)Nc3ccccc34)ccc21. The Labute approximate surface area is 150 Å². The van der Waals surface area contributed by atoms with Gasteiger partial charge in [0.25, 0.3) is 0 Å². The van der Waals surface area contributed by atoms with Crippen molar-refractivity contribution in [3.05, 3.63) is 64.1 Å². The average Bonchev–Trinajstić information content (AvgIpc) is 3.28. The number of imidazole rings is 1. The van der Waals surface area contributed by atoms with Gasteiger partial charge in [-0.05, 0) is 42.3 Å². The van der Waals surface area contributed by atoms with Crippen molar-refractivity contribution in [1.82, 2.24) is 14.5 Å². The average molecular weight is 348 g/mol. The highest BCUT2D eigenvalue weighted by molar-refractivity contribution is 6.07. The molecular weight excluding hydrogens is 328 g/mol. The summed E-state index contributed by atoms with van der Waals surface area (Å²) >= 11 is 0. The predicted molar refractivity (Wildman–Crippen MR) is 100 cm³/mol. The highest BCUT2D eigenvalue weighted by Crippen LogP contribution is 2.51. The van der Waals surface area contributed by atoms with Gasteiger partial charge in [0.1, 0.15) is 0 Å². The largest absolute Gasteiger partial charge is 0.328 e. The number of carbonyl (C=O) groups excluding carboxylic acids is 1. The van der Waals surface area contributed by atoms with Crippen molar-refractivity contribution in [2.45, 2.75) is 17.9 Å². The van der Waals surface area contributed by atoms with Crippen LogP contribution in [0.2, 0.25) is 0 Å². The number of aryl methyl sites for hydroxylation is 2. The minimum absolute atomic E-state index is 0.0461. The highest BCUT2D eigenvalue weighted by Gasteiger charge is 2.55. The van der Waals surface area contributed by atoms with Crippen molar-refractivity contribution in [3.63, 3.8) is 0 Å². The summed E-state index contributed by atoms with van der Waals surface area (Å²) in [5, 5.41) is 6.58. The summed E-state index contributed by atoms with van der Waals surface area (Å²) in [4.78, 5) is 25.2. The van der Waals surface area contributed by atoms with E-state index in [4.69, 9.17) is 0 Å². The number of nitrogens with zero attached hydrogens (tertiary/aromatic N) is 2. The van der Waals surface area contributed by atoms with E-state index in [2.05, 4.69) is 10.6 Å². The first-order chi connectivity index (χ1) is 12.5. The second-order valence-corrected chi connectivity index (χ2v) is 7.26. The lowest BCUT2D eigenvalue weighted by Gasteiger charge is -2.29. The van der Waals surface area contributed by atoms with Crippen molar-refractivity contribution < 1.29 is 4.79 Å². The van der Waals surface area contributed by atoms with E-state index in [1.54, 1.807) is 23.2 Å². The summed E-state index contributed by atoms with van der Waals surface area (Å²) in [6.45, 7) is 0.776. The first-order valence-electron chi connectivity index (χ1n) is 8.84. The summed E-state index contributed by atoms with van der Waals surface area (Å²) in [5.74, 6) is 0.0516. The molecule has 0 bridgehead atoms. The lowest BCUT2D eigenvalue weighted by Crippen LogP contribution is -2.39. The van der Waals surface area contributed by atoms with Crippen LogP contribution in [0.3, 0.4) is 0 Å². The molecule has 26 heavy (non-hydrogen) atoms. The van der Waals surface area contributed by atoms with Crippen LogP contribution in [-0.2, 0) is 24.3 Å². The van der Waals surface area contributed by atoms with Gasteiger partial charge in [0.2, 0.25) is 5.91 Å². The van der Waals surface area contributed by atoms with Crippen LogP contribution in [-0.4, -0.2) is 21.6 Å². The third-order valence-corrected chi connectivity index (χ3v) is 6.05.